The monoisotopic (exact) mass is 391 g/mol. The molecule has 2 rings (SSSR count). The Bertz CT molecular complexity index is 744. The number of anilines is 2. The molecule has 23 heavy (non-hydrogen) atoms. The number of aryl methyl sites for hydroxylation is 2. The first-order valence-electron chi connectivity index (χ1n) is 7.17. The molecule has 1 amide bonds. The molecule has 4 nitrogen and oxygen atoms in total. The summed E-state index contributed by atoms with van der Waals surface area (Å²) in [5.41, 5.74) is 9.76. The third-order valence-corrected chi connectivity index (χ3v) is 4.04. The first-order chi connectivity index (χ1) is 10.9. The van der Waals surface area contributed by atoms with Gasteiger partial charge in [-0.15, -0.1) is 0 Å². The van der Waals surface area contributed by atoms with Crippen LogP contribution in [0.15, 0.2) is 40.9 Å². The molecule has 2 aromatic carbocycles. The topological polar surface area (TPSA) is 67.2 Å². The van der Waals surface area contributed by atoms with Gasteiger partial charge in [-0.2, -0.15) is 0 Å². The first kappa shape index (κ1) is 17.4. The van der Waals surface area contributed by atoms with Gasteiger partial charge in [0.25, 0.3) is 5.91 Å². The van der Waals surface area contributed by atoms with Gasteiger partial charge in [0, 0.05) is 21.4 Å². The minimum atomic E-state index is -0.134. The number of carbonyl (C=O) groups is 1. The highest BCUT2D eigenvalue weighted by Crippen LogP contribution is 2.27. The lowest BCUT2D eigenvalue weighted by molar-refractivity contribution is 0.102. The summed E-state index contributed by atoms with van der Waals surface area (Å²) >= 11 is 8.23. The summed E-state index contributed by atoms with van der Waals surface area (Å²) in [7, 11) is 0. The molecule has 0 fully saturated rings. The normalized spacial score (nSPS) is 10.2. The highest BCUT2D eigenvalue weighted by Gasteiger charge is 2.12. The molecular weight excluding hydrogens is 374 g/mol. The molecule has 6 heteroatoms. The maximum atomic E-state index is 12.4. The number of nitrogens with two attached hydrogens (primary N) is 1. The van der Waals surface area contributed by atoms with Crippen LogP contribution in [0.3, 0.4) is 0 Å². The largest absolute Gasteiger partial charge is 0.376 e. The van der Waals surface area contributed by atoms with Crippen molar-refractivity contribution in [2.24, 2.45) is 5.73 Å². The van der Waals surface area contributed by atoms with Crippen LogP contribution in [0.1, 0.15) is 28.4 Å². The van der Waals surface area contributed by atoms with E-state index in [4.69, 9.17) is 18.0 Å². The van der Waals surface area contributed by atoms with Crippen molar-refractivity contribution < 1.29 is 4.79 Å². The molecule has 2 aromatic rings. The molecule has 0 bridgehead atoms. The van der Waals surface area contributed by atoms with Crippen LogP contribution in [0, 0.1) is 6.92 Å². The number of thiocarbonyl (C=S) groups is 1. The number of hydrogen-bond acceptors (Lipinski definition) is 2. The highest BCUT2D eigenvalue weighted by atomic mass is 79.9. The number of amides is 1. The van der Waals surface area contributed by atoms with Gasteiger partial charge in [-0.25, -0.2) is 0 Å². The second kappa shape index (κ2) is 7.57. The quantitative estimate of drug-likeness (QED) is 0.682. The molecule has 0 aliphatic heterocycles. The Balaban J connectivity index is 2.29. The van der Waals surface area contributed by atoms with E-state index in [1.165, 1.54) is 0 Å². The molecule has 0 spiro atoms. The Labute approximate surface area is 149 Å². The van der Waals surface area contributed by atoms with Gasteiger partial charge in [0.1, 0.15) is 0 Å². The lowest BCUT2D eigenvalue weighted by atomic mass is 10.0. The van der Waals surface area contributed by atoms with Gasteiger partial charge < -0.3 is 16.4 Å². The molecule has 0 atom stereocenters. The van der Waals surface area contributed by atoms with Crippen molar-refractivity contribution in [3.8, 4) is 0 Å². The van der Waals surface area contributed by atoms with Crippen LogP contribution >= 0.6 is 28.1 Å². The molecule has 0 aliphatic rings. The van der Waals surface area contributed by atoms with E-state index in [2.05, 4.69) is 26.6 Å². The fourth-order valence-electron chi connectivity index (χ4n) is 2.32. The van der Waals surface area contributed by atoms with Crippen LogP contribution in [-0.2, 0) is 6.42 Å². The summed E-state index contributed by atoms with van der Waals surface area (Å²) in [6, 6.07) is 11.1. The van der Waals surface area contributed by atoms with Crippen molar-refractivity contribution >= 4 is 50.5 Å². The summed E-state index contributed by atoms with van der Waals surface area (Å²) < 4.78 is 0.938. The average Bonchev–Trinajstić information content (AvgIpc) is 2.49. The van der Waals surface area contributed by atoms with Crippen LogP contribution in [-0.4, -0.2) is 11.0 Å². The Morgan fingerprint density at radius 3 is 2.43 bits per heavy atom. The number of benzene rings is 2. The summed E-state index contributed by atoms with van der Waals surface area (Å²) in [6.07, 6.45) is 0.781. The van der Waals surface area contributed by atoms with E-state index >= 15 is 0 Å². The third kappa shape index (κ3) is 4.53. The van der Waals surface area contributed by atoms with Crippen molar-refractivity contribution in [2.75, 3.05) is 10.6 Å². The zero-order valence-electron chi connectivity index (χ0n) is 12.9. The lowest BCUT2D eigenvalue weighted by Crippen LogP contribution is -2.19. The SMILES string of the molecule is CCc1cc(NC(N)=S)cc(C)c1NC(=O)c1ccc(Br)cc1. The maximum Gasteiger partial charge on any atom is 0.255 e. The molecule has 0 aromatic heterocycles. The van der Waals surface area contributed by atoms with Crippen LogP contribution in [0.25, 0.3) is 0 Å². The van der Waals surface area contributed by atoms with E-state index in [1.807, 2.05) is 38.1 Å². The second-order valence-electron chi connectivity index (χ2n) is 5.13. The van der Waals surface area contributed by atoms with Crippen LogP contribution in [0.4, 0.5) is 11.4 Å². The van der Waals surface area contributed by atoms with E-state index < -0.39 is 0 Å². The zero-order chi connectivity index (χ0) is 17.0. The Morgan fingerprint density at radius 1 is 1.22 bits per heavy atom. The molecule has 0 unspecified atom stereocenters. The second-order valence-corrected chi connectivity index (χ2v) is 6.49. The van der Waals surface area contributed by atoms with Crippen LogP contribution in [0.5, 0.6) is 0 Å². The Morgan fingerprint density at radius 2 is 1.87 bits per heavy atom. The standard InChI is InChI=1S/C17H18BrN3OS/c1-3-11-9-14(20-17(19)23)8-10(2)15(11)21-16(22)12-4-6-13(18)7-5-12/h4-9H,3H2,1-2H3,(H,21,22)(H3,19,20,23). The van der Waals surface area contributed by atoms with Gasteiger partial charge in [0.2, 0.25) is 0 Å². The van der Waals surface area contributed by atoms with Gasteiger partial charge in [-0.1, -0.05) is 22.9 Å². The Hall–Kier alpha value is -1.92. The summed E-state index contributed by atoms with van der Waals surface area (Å²) in [5, 5.41) is 6.15. The van der Waals surface area contributed by atoms with E-state index in [0.717, 1.165) is 33.4 Å². The number of nitrogens with one attached hydrogen (secondary N) is 2. The molecule has 0 saturated heterocycles. The predicted molar refractivity (Wildman–Crippen MR) is 103 cm³/mol. The highest BCUT2D eigenvalue weighted by molar-refractivity contribution is 9.10. The molecule has 0 aliphatic carbocycles. The third-order valence-electron chi connectivity index (χ3n) is 3.41. The van der Waals surface area contributed by atoms with Crippen LogP contribution in [0.2, 0.25) is 0 Å². The van der Waals surface area contributed by atoms with Gasteiger partial charge in [-0.05, 0) is 73.1 Å². The van der Waals surface area contributed by atoms with E-state index in [9.17, 15) is 4.79 Å². The van der Waals surface area contributed by atoms with Gasteiger partial charge >= 0.3 is 0 Å². The van der Waals surface area contributed by atoms with Crippen molar-refractivity contribution in [3.05, 3.63) is 57.6 Å². The lowest BCUT2D eigenvalue weighted by Gasteiger charge is -2.16. The zero-order valence-corrected chi connectivity index (χ0v) is 15.3. The smallest absolute Gasteiger partial charge is 0.255 e. The predicted octanol–water partition coefficient (Wildman–Crippen LogP) is 4.23. The first-order valence-corrected chi connectivity index (χ1v) is 8.37. The van der Waals surface area contributed by atoms with Crippen molar-refractivity contribution in [3.63, 3.8) is 0 Å². The number of carbonyl (C=O) groups excluding carboxylic acids is 1. The molecule has 0 heterocycles. The van der Waals surface area contributed by atoms with Gasteiger partial charge in [0.15, 0.2) is 5.11 Å². The molecule has 120 valence electrons. The average molecular weight is 392 g/mol. The fraction of sp³-hybridized carbons (Fsp3) is 0.176. The summed E-state index contributed by atoms with van der Waals surface area (Å²) in [4.78, 5) is 12.4. The van der Waals surface area contributed by atoms with E-state index in [1.54, 1.807) is 12.1 Å². The minimum Gasteiger partial charge on any atom is -0.376 e. The number of rotatable bonds is 4. The van der Waals surface area contributed by atoms with Gasteiger partial charge in [-0.3, -0.25) is 4.79 Å². The molecule has 0 saturated carbocycles. The fourth-order valence-corrected chi connectivity index (χ4v) is 2.70. The molecule has 4 N–H and O–H groups in total. The number of hydrogen-bond donors (Lipinski definition) is 3. The summed E-state index contributed by atoms with van der Waals surface area (Å²) in [5.74, 6) is -0.134. The van der Waals surface area contributed by atoms with Crippen molar-refractivity contribution in [1.29, 1.82) is 0 Å². The molecular formula is C17H18BrN3OS. The number of halogens is 1. The Kier molecular flexibility index (Phi) is 5.74. The van der Waals surface area contributed by atoms with Gasteiger partial charge in [0.05, 0.1) is 0 Å². The maximum absolute atomic E-state index is 12.4. The van der Waals surface area contributed by atoms with E-state index in [0.29, 0.717) is 5.56 Å². The summed E-state index contributed by atoms with van der Waals surface area (Å²) in [6.45, 7) is 3.98. The van der Waals surface area contributed by atoms with E-state index in [-0.39, 0.29) is 11.0 Å². The van der Waals surface area contributed by atoms with Crippen molar-refractivity contribution in [2.45, 2.75) is 20.3 Å². The minimum absolute atomic E-state index is 0.134. The van der Waals surface area contributed by atoms with Crippen LogP contribution < -0.4 is 16.4 Å². The van der Waals surface area contributed by atoms with Crippen molar-refractivity contribution in [1.82, 2.24) is 0 Å². The molecule has 0 radical (unpaired) electrons.